The van der Waals surface area contributed by atoms with E-state index in [-0.39, 0.29) is 11.8 Å². The van der Waals surface area contributed by atoms with E-state index in [4.69, 9.17) is 4.74 Å². The smallest absolute Gasteiger partial charge is 0.186 e. The van der Waals surface area contributed by atoms with Crippen LogP contribution in [-0.2, 0) is 6.42 Å². The van der Waals surface area contributed by atoms with Crippen LogP contribution in [0.25, 0.3) is 0 Å². The molecule has 0 aliphatic rings. The van der Waals surface area contributed by atoms with Crippen LogP contribution in [0.2, 0.25) is 0 Å². The predicted molar refractivity (Wildman–Crippen MR) is 81.3 cm³/mol. The van der Waals surface area contributed by atoms with Crippen molar-refractivity contribution in [2.45, 2.75) is 26.3 Å². The minimum Gasteiger partial charge on any atom is -0.497 e. The van der Waals surface area contributed by atoms with E-state index in [9.17, 15) is 4.79 Å². The Morgan fingerprint density at radius 2 is 2.00 bits per heavy atom. The highest BCUT2D eigenvalue weighted by Crippen LogP contribution is 2.22. The van der Waals surface area contributed by atoms with Gasteiger partial charge in [-0.3, -0.25) is 9.48 Å². The first-order valence-corrected chi connectivity index (χ1v) is 7.21. The van der Waals surface area contributed by atoms with Crippen molar-refractivity contribution in [1.29, 1.82) is 0 Å². The van der Waals surface area contributed by atoms with Crippen LogP contribution < -0.4 is 4.74 Å². The molecule has 1 aromatic carbocycles. The van der Waals surface area contributed by atoms with Gasteiger partial charge in [-0.2, -0.15) is 5.10 Å². The number of benzene rings is 1. The van der Waals surface area contributed by atoms with E-state index in [1.807, 2.05) is 38.1 Å². The van der Waals surface area contributed by atoms with Gasteiger partial charge in [-0.05, 0) is 47.5 Å². The number of carbonyl (C=O) groups excluding carboxylic acids is 1. The lowest BCUT2D eigenvalue weighted by atomic mass is 10.1. The third-order valence-corrected chi connectivity index (χ3v) is 3.61. The maximum atomic E-state index is 12.5. The van der Waals surface area contributed by atoms with Gasteiger partial charge in [0.15, 0.2) is 5.78 Å². The van der Waals surface area contributed by atoms with Gasteiger partial charge in [0.05, 0.1) is 17.8 Å². The summed E-state index contributed by atoms with van der Waals surface area (Å²) in [7, 11) is 1.62. The lowest BCUT2D eigenvalue weighted by Crippen LogP contribution is -2.14. The molecule has 2 rings (SSSR count). The topological polar surface area (TPSA) is 44.1 Å². The van der Waals surface area contributed by atoms with Crippen LogP contribution in [0.4, 0.5) is 0 Å². The number of rotatable bonds is 5. The van der Waals surface area contributed by atoms with Gasteiger partial charge in [0.2, 0.25) is 0 Å². The highest BCUT2D eigenvalue weighted by molar-refractivity contribution is 9.10. The first-order chi connectivity index (χ1) is 9.52. The number of hydrogen-bond acceptors (Lipinski definition) is 3. The Morgan fingerprint density at radius 3 is 2.55 bits per heavy atom. The molecule has 2 aromatic rings. The molecule has 0 aliphatic heterocycles. The summed E-state index contributed by atoms with van der Waals surface area (Å²) in [4.78, 5) is 12.5. The number of halogens is 1. The SMILES string of the molecule is COc1ccc(CC(=O)c2c(Br)cnn2C(C)C)cc1. The lowest BCUT2D eigenvalue weighted by Gasteiger charge is -2.10. The summed E-state index contributed by atoms with van der Waals surface area (Å²) in [6, 6.07) is 7.67. The van der Waals surface area contributed by atoms with Gasteiger partial charge in [-0.1, -0.05) is 12.1 Å². The van der Waals surface area contributed by atoms with Crippen molar-refractivity contribution in [3.63, 3.8) is 0 Å². The fraction of sp³-hybridized carbons (Fsp3) is 0.333. The molecule has 5 heteroatoms. The van der Waals surface area contributed by atoms with Crippen molar-refractivity contribution in [1.82, 2.24) is 9.78 Å². The standard InChI is InChI=1S/C15H17BrN2O2/c1-10(2)18-15(13(16)9-17-18)14(19)8-11-4-6-12(20-3)7-5-11/h4-7,9-10H,8H2,1-3H3. The second-order valence-corrected chi connectivity index (χ2v) is 5.68. The molecule has 0 fully saturated rings. The molecule has 20 heavy (non-hydrogen) atoms. The molecule has 0 radical (unpaired) electrons. The molecule has 0 atom stereocenters. The number of nitrogens with zero attached hydrogens (tertiary/aromatic N) is 2. The highest BCUT2D eigenvalue weighted by Gasteiger charge is 2.19. The molecule has 0 unspecified atom stereocenters. The first kappa shape index (κ1) is 14.8. The number of Topliss-reactive ketones (excluding diaryl/α,β-unsaturated/α-hetero) is 1. The monoisotopic (exact) mass is 336 g/mol. The average Bonchev–Trinajstić information content (AvgIpc) is 2.81. The van der Waals surface area contributed by atoms with Crippen molar-refractivity contribution in [3.05, 3.63) is 46.2 Å². The molecule has 0 saturated carbocycles. The second-order valence-electron chi connectivity index (χ2n) is 4.83. The predicted octanol–water partition coefficient (Wildman–Crippen LogP) is 3.66. The number of ketones is 1. The maximum absolute atomic E-state index is 12.5. The zero-order valence-corrected chi connectivity index (χ0v) is 13.3. The van der Waals surface area contributed by atoms with Gasteiger partial charge in [-0.15, -0.1) is 0 Å². The molecular weight excluding hydrogens is 320 g/mol. The minimum atomic E-state index is 0.0493. The summed E-state index contributed by atoms with van der Waals surface area (Å²) in [5.74, 6) is 0.836. The Balaban J connectivity index is 2.21. The van der Waals surface area contributed by atoms with E-state index in [0.29, 0.717) is 12.1 Å². The molecule has 0 spiro atoms. The van der Waals surface area contributed by atoms with Crippen LogP contribution in [-0.4, -0.2) is 22.7 Å². The van der Waals surface area contributed by atoms with Gasteiger partial charge in [0.1, 0.15) is 11.4 Å². The molecular formula is C15H17BrN2O2. The van der Waals surface area contributed by atoms with Crippen molar-refractivity contribution in [2.75, 3.05) is 7.11 Å². The van der Waals surface area contributed by atoms with Crippen molar-refractivity contribution in [3.8, 4) is 5.75 Å². The Morgan fingerprint density at radius 1 is 1.35 bits per heavy atom. The van der Waals surface area contributed by atoms with Crippen LogP contribution in [0.3, 0.4) is 0 Å². The van der Waals surface area contributed by atoms with Gasteiger partial charge in [0.25, 0.3) is 0 Å². The molecule has 0 saturated heterocycles. The highest BCUT2D eigenvalue weighted by atomic mass is 79.9. The van der Waals surface area contributed by atoms with E-state index < -0.39 is 0 Å². The van der Waals surface area contributed by atoms with Crippen LogP contribution in [0.1, 0.15) is 35.9 Å². The zero-order valence-electron chi connectivity index (χ0n) is 11.8. The van der Waals surface area contributed by atoms with Crippen LogP contribution in [0.15, 0.2) is 34.9 Å². The van der Waals surface area contributed by atoms with Gasteiger partial charge in [0, 0.05) is 12.5 Å². The fourth-order valence-corrected chi connectivity index (χ4v) is 2.50. The van der Waals surface area contributed by atoms with Crippen molar-refractivity contribution >= 4 is 21.7 Å². The van der Waals surface area contributed by atoms with E-state index in [0.717, 1.165) is 15.8 Å². The molecule has 0 bridgehead atoms. The van der Waals surface area contributed by atoms with E-state index in [1.54, 1.807) is 18.0 Å². The summed E-state index contributed by atoms with van der Waals surface area (Å²) < 4.78 is 7.60. The first-order valence-electron chi connectivity index (χ1n) is 6.42. The van der Waals surface area contributed by atoms with Crippen molar-refractivity contribution < 1.29 is 9.53 Å². The quantitative estimate of drug-likeness (QED) is 0.782. The number of methoxy groups -OCH3 is 1. The normalized spacial score (nSPS) is 10.8. The summed E-state index contributed by atoms with van der Waals surface area (Å²) in [6.07, 6.45) is 2.02. The van der Waals surface area contributed by atoms with Crippen LogP contribution >= 0.6 is 15.9 Å². The average molecular weight is 337 g/mol. The summed E-state index contributed by atoms with van der Waals surface area (Å²) >= 11 is 3.40. The largest absolute Gasteiger partial charge is 0.497 e. The number of ether oxygens (including phenoxy) is 1. The summed E-state index contributed by atoms with van der Waals surface area (Å²) in [5.41, 5.74) is 1.58. The summed E-state index contributed by atoms with van der Waals surface area (Å²) in [6.45, 7) is 4.01. The van der Waals surface area contributed by atoms with E-state index in [2.05, 4.69) is 21.0 Å². The molecule has 1 heterocycles. The third-order valence-electron chi connectivity index (χ3n) is 3.03. The molecule has 0 aliphatic carbocycles. The van der Waals surface area contributed by atoms with Crippen LogP contribution in [0.5, 0.6) is 5.75 Å². The van der Waals surface area contributed by atoms with Gasteiger partial charge < -0.3 is 4.74 Å². The van der Waals surface area contributed by atoms with Gasteiger partial charge >= 0.3 is 0 Å². The molecule has 106 valence electrons. The fourth-order valence-electron chi connectivity index (χ4n) is 2.01. The number of carbonyl (C=O) groups is 1. The molecule has 4 nitrogen and oxygen atoms in total. The Kier molecular flexibility index (Phi) is 4.60. The maximum Gasteiger partial charge on any atom is 0.186 e. The van der Waals surface area contributed by atoms with Crippen LogP contribution in [0, 0.1) is 0 Å². The lowest BCUT2D eigenvalue weighted by molar-refractivity contribution is 0.0980. The molecule has 0 N–H and O–H groups in total. The summed E-state index contributed by atoms with van der Waals surface area (Å²) in [5, 5.41) is 4.23. The Hall–Kier alpha value is -1.62. The minimum absolute atomic E-state index is 0.0493. The second kappa shape index (κ2) is 6.22. The van der Waals surface area contributed by atoms with Gasteiger partial charge in [-0.25, -0.2) is 0 Å². The zero-order chi connectivity index (χ0) is 14.7. The number of aromatic nitrogens is 2. The molecule has 0 amide bonds. The van der Waals surface area contributed by atoms with Crippen molar-refractivity contribution in [2.24, 2.45) is 0 Å². The van der Waals surface area contributed by atoms with E-state index in [1.165, 1.54) is 0 Å². The number of hydrogen-bond donors (Lipinski definition) is 0. The Bertz CT molecular complexity index is 603. The van der Waals surface area contributed by atoms with E-state index >= 15 is 0 Å². The third kappa shape index (κ3) is 3.10. The Labute approximate surface area is 126 Å². The molecule has 1 aromatic heterocycles.